The number of ketones is 1. The van der Waals surface area contributed by atoms with Crippen LogP contribution in [0.1, 0.15) is 135 Å². The van der Waals surface area contributed by atoms with Crippen molar-refractivity contribution in [2.75, 3.05) is 19.8 Å². The largest absolute Gasteiger partial charge is 0.473 e. The zero-order valence-electron chi connectivity index (χ0n) is 35.2. The highest BCUT2D eigenvalue weighted by Gasteiger charge is 2.11. The van der Waals surface area contributed by atoms with Gasteiger partial charge in [-0.05, 0) is 91.6 Å². The Morgan fingerprint density at radius 3 is 1.78 bits per heavy atom. The number of carbonyl (C=O) groups is 3. The first kappa shape index (κ1) is 47.9. The van der Waals surface area contributed by atoms with Crippen molar-refractivity contribution in [3.63, 3.8) is 0 Å². The molecular formula is C49H68O9. The lowest BCUT2D eigenvalue weighted by Crippen LogP contribution is -2.17. The fourth-order valence-corrected chi connectivity index (χ4v) is 6.46. The van der Waals surface area contributed by atoms with Gasteiger partial charge in [-0.15, -0.1) is 0 Å². The van der Waals surface area contributed by atoms with Crippen LogP contribution in [0.5, 0.6) is 5.75 Å². The predicted molar refractivity (Wildman–Crippen MR) is 231 cm³/mol. The van der Waals surface area contributed by atoms with E-state index in [4.69, 9.17) is 28.4 Å². The number of hydrogen-bond donors (Lipinski definition) is 0. The Balaban J connectivity index is 0.00000443. The molecule has 0 aromatic heterocycles. The summed E-state index contributed by atoms with van der Waals surface area (Å²) in [5.41, 5.74) is 1.93. The Hall–Kier alpha value is -4.47. The number of allylic oxidation sites excluding steroid dienone is 5. The van der Waals surface area contributed by atoms with E-state index < -0.39 is 11.9 Å². The minimum atomic E-state index is -0.651. The van der Waals surface area contributed by atoms with Crippen molar-refractivity contribution in [1.29, 1.82) is 0 Å². The first-order valence-corrected chi connectivity index (χ1v) is 21.8. The summed E-state index contributed by atoms with van der Waals surface area (Å²) >= 11 is 0. The van der Waals surface area contributed by atoms with Crippen LogP contribution in [-0.2, 0) is 44.5 Å². The molecule has 2 aromatic carbocycles. The number of hydrogen-bond acceptors (Lipinski definition) is 9. The van der Waals surface area contributed by atoms with E-state index in [1.165, 1.54) is 12.8 Å². The Morgan fingerprint density at radius 2 is 1.17 bits per heavy atom. The average Bonchev–Trinajstić information content (AvgIpc) is 3.25. The molecular weight excluding hydrogens is 733 g/mol. The second-order valence-electron chi connectivity index (χ2n) is 14.5. The van der Waals surface area contributed by atoms with Crippen molar-refractivity contribution >= 4 is 28.5 Å². The number of ether oxygens (including phenoxy) is 6. The third kappa shape index (κ3) is 21.9. The first-order chi connectivity index (χ1) is 28.4. The predicted octanol–water partition coefficient (Wildman–Crippen LogP) is 11.9. The maximum Gasteiger partial charge on any atom is 0.336 e. The van der Waals surface area contributed by atoms with E-state index in [1.807, 2.05) is 50.3 Å². The molecule has 2 unspecified atom stereocenters. The quantitative estimate of drug-likeness (QED) is 0.0273. The Bertz CT molecular complexity index is 1500. The lowest BCUT2D eigenvalue weighted by atomic mass is 10.0. The van der Waals surface area contributed by atoms with E-state index in [2.05, 4.69) is 12.6 Å². The Morgan fingerprint density at radius 1 is 0.638 bits per heavy atom. The molecule has 2 atom stereocenters. The Kier molecular flexibility index (Phi) is 25.3. The summed E-state index contributed by atoms with van der Waals surface area (Å²) in [4.78, 5) is 36.8. The molecule has 318 valence electrons. The van der Waals surface area contributed by atoms with Gasteiger partial charge in [0.25, 0.3) is 0 Å². The third-order valence-corrected chi connectivity index (χ3v) is 9.64. The molecule has 2 aliphatic heterocycles. The van der Waals surface area contributed by atoms with E-state index in [0.717, 1.165) is 137 Å². The van der Waals surface area contributed by atoms with Gasteiger partial charge in [0, 0.05) is 31.4 Å². The lowest BCUT2D eigenvalue weighted by Gasteiger charge is -2.19. The maximum atomic E-state index is 12.4. The van der Waals surface area contributed by atoms with Crippen LogP contribution in [0.25, 0.3) is 10.8 Å². The van der Waals surface area contributed by atoms with E-state index in [1.54, 1.807) is 30.7 Å². The lowest BCUT2D eigenvalue weighted by molar-refractivity contribution is -0.138. The number of carbonyl (C=O) groups excluding carboxylic acids is 3. The van der Waals surface area contributed by atoms with Crippen LogP contribution in [0.3, 0.4) is 0 Å². The molecule has 0 spiro atoms. The van der Waals surface area contributed by atoms with Gasteiger partial charge >= 0.3 is 11.9 Å². The summed E-state index contributed by atoms with van der Waals surface area (Å²) in [5, 5.41) is 1.90. The van der Waals surface area contributed by atoms with Gasteiger partial charge in [-0.1, -0.05) is 114 Å². The molecule has 58 heavy (non-hydrogen) atoms. The molecule has 0 fully saturated rings. The van der Waals surface area contributed by atoms with Crippen LogP contribution >= 0.6 is 0 Å². The molecule has 0 N–H and O–H groups in total. The van der Waals surface area contributed by atoms with Gasteiger partial charge in [0.2, 0.25) is 0 Å². The minimum absolute atomic E-state index is 0.0749. The normalized spacial score (nSPS) is 16.1. The van der Waals surface area contributed by atoms with Crippen molar-refractivity contribution in [2.45, 2.75) is 148 Å². The van der Waals surface area contributed by atoms with E-state index >= 15 is 0 Å². The van der Waals surface area contributed by atoms with Crippen LogP contribution in [0.15, 0.2) is 97.5 Å². The number of rotatable bonds is 28. The van der Waals surface area contributed by atoms with Crippen LogP contribution < -0.4 is 4.74 Å². The summed E-state index contributed by atoms with van der Waals surface area (Å²) in [6, 6.07) is 11.4. The Labute approximate surface area is 347 Å². The van der Waals surface area contributed by atoms with Crippen molar-refractivity contribution in [2.24, 2.45) is 0 Å². The second-order valence-corrected chi connectivity index (χ2v) is 14.5. The molecule has 0 bridgehead atoms. The van der Waals surface area contributed by atoms with Crippen molar-refractivity contribution in [3.8, 4) is 5.75 Å². The number of esters is 2. The maximum absolute atomic E-state index is 12.4. The zero-order valence-corrected chi connectivity index (χ0v) is 35.2. The molecule has 0 saturated carbocycles. The average molecular weight is 801 g/mol. The number of benzene rings is 2. The fraction of sp³-hybridized carbons (Fsp3) is 0.531. The van der Waals surface area contributed by atoms with Crippen LogP contribution in [0.4, 0.5) is 0 Å². The van der Waals surface area contributed by atoms with Gasteiger partial charge < -0.3 is 28.4 Å². The van der Waals surface area contributed by atoms with Gasteiger partial charge in [-0.25, -0.2) is 9.59 Å². The topological polar surface area (TPSA) is 107 Å². The molecule has 2 heterocycles. The first-order valence-electron chi connectivity index (χ1n) is 21.8. The fourth-order valence-electron chi connectivity index (χ4n) is 6.46. The summed E-state index contributed by atoms with van der Waals surface area (Å²) in [7, 11) is 0. The highest BCUT2D eigenvalue weighted by Crippen LogP contribution is 2.24. The molecule has 0 aliphatic carbocycles. The highest BCUT2D eigenvalue weighted by molar-refractivity contribution is 5.93. The summed E-state index contributed by atoms with van der Waals surface area (Å²) < 4.78 is 32.9. The van der Waals surface area contributed by atoms with Gasteiger partial charge in [-0.2, -0.15) is 0 Å². The van der Waals surface area contributed by atoms with Gasteiger partial charge in [-0.3, -0.25) is 4.79 Å². The van der Waals surface area contributed by atoms with Gasteiger partial charge in [0.1, 0.15) is 5.75 Å². The molecule has 0 saturated heterocycles. The van der Waals surface area contributed by atoms with E-state index in [9.17, 15) is 14.4 Å². The standard InChI is InChI=1S/C47H62O9.C2H6/c1-38(22-26-42(48)19-11-7-3-2-4-9-15-31-52-46-20-12-17-33-54-46)35-39-23-24-41-37-43(27-25-40(41)36-39)56-45(50)29-28-44(49)51-30-14-8-5-6-10-16-32-53-47-21-13-18-34-55-47;1-2/h17-18,22-29,33-34,36-37,46-47H,1-16,19-21,30-32,35H2;1-2H3/b26-22+,29-28+;. The third-order valence-electron chi connectivity index (χ3n) is 9.64. The smallest absolute Gasteiger partial charge is 0.336 e. The van der Waals surface area contributed by atoms with Crippen LogP contribution in [0, 0.1) is 0 Å². The number of unbranched alkanes of at least 4 members (excludes halogenated alkanes) is 11. The SMILES string of the molecule is C=C(/C=C/C(=O)CCCCCCCCCOC1CCC=CO1)Cc1ccc2cc(OC(=O)/C=C/C(=O)OCCCCCCCCOC3CCC=CO3)ccc2c1.CC. The van der Waals surface area contributed by atoms with Crippen molar-refractivity contribution in [1.82, 2.24) is 0 Å². The van der Waals surface area contributed by atoms with E-state index in [-0.39, 0.29) is 18.4 Å². The minimum Gasteiger partial charge on any atom is -0.473 e. The van der Waals surface area contributed by atoms with Crippen LogP contribution in [0.2, 0.25) is 0 Å². The van der Waals surface area contributed by atoms with Crippen LogP contribution in [-0.4, -0.2) is 50.1 Å². The van der Waals surface area contributed by atoms with Gasteiger partial charge in [0.15, 0.2) is 18.4 Å². The molecule has 2 aromatic rings. The second kappa shape index (κ2) is 30.6. The number of fused-ring (bicyclic) bond motifs is 1. The zero-order chi connectivity index (χ0) is 41.5. The molecule has 0 radical (unpaired) electrons. The summed E-state index contributed by atoms with van der Waals surface area (Å²) in [6.45, 7) is 9.92. The highest BCUT2D eigenvalue weighted by atomic mass is 16.7. The molecule has 2 aliphatic rings. The molecule has 9 heteroatoms. The van der Waals surface area contributed by atoms with Crippen molar-refractivity contribution in [3.05, 3.63) is 103 Å². The molecule has 4 rings (SSSR count). The molecule has 0 amide bonds. The van der Waals surface area contributed by atoms with E-state index in [0.29, 0.717) is 31.8 Å². The summed E-state index contributed by atoms with van der Waals surface area (Å²) in [6.07, 6.45) is 31.8. The molecule has 9 nitrogen and oxygen atoms in total. The van der Waals surface area contributed by atoms with Gasteiger partial charge in [0.05, 0.1) is 32.3 Å². The monoisotopic (exact) mass is 800 g/mol. The summed E-state index contributed by atoms with van der Waals surface area (Å²) in [5.74, 6) is -0.699. The van der Waals surface area contributed by atoms with Crippen molar-refractivity contribution < 1.29 is 42.8 Å².